The molecule has 0 aromatic carbocycles. The largest absolute Gasteiger partial charge is 0.391 e. The smallest absolute Gasteiger partial charge is 0.135 e. The molecule has 1 aromatic rings. The van der Waals surface area contributed by atoms with E-state index in [4.69, 9.17) is 0 Å². The summed E-state index contributed by atoms with van der Waals surface area (Å²) < 4.78 is 0.809. The lowest BCUT2D eigenvalue weighted by Gasteiger charge is -2.20. The molecule has 0 spiro atoms. The molecule has 1 unspecified atom stereocenters. The highest BCUT2D eigenvalue weighted by Gasteiger charge is 2.27. The molecule has 1 saturated carbocycles. The molecular weight excluding hydrogens is 306 g/mol. The van der Waals surface area contributed by atoms with Crippen LogP contribution in [-0.4, -0.2) is 27.7 Å². The van der Waals surface area contributed by atoms with Crippen molar-refractivity contribution in [1.82, 2.24) is 9.97 Å². The minimum Gasteiger partial charge on any atom is -0.391 e. The standard InChI is InChI=1S/C14H22BrN3O/c1-3-9(4-2)11(19)8-16-13-7-12(15)17-14(18-13)10-5-6-10/h7,9-11,19H,3-6,8H2,1-2H3,(H,16,17,18). The van der Waals surface area contributed by atoms with Crippen molar-refractivity contribution in [1.29, 1.82) is 0 Å². The van der Waals surface area contributed by atoms with Crippen molar-refractivity contribution in [2.75, 3.05) is 11.9 Å². The summed E-state index contributed by atoms with van der Waals surface area (Å²) in [6.07, 6.45) is 4.05. The number of aliphatic hydroxyl groups is 1. The van der Waals surface area contributed by atoms with Crippen LogP contribution in [0.3, 0.4) is 0 Å². The van der Waals surface area contributed by atoms with E-state index in [1.54, 1.807) is 0 Å². The molecule has 1 aromatic heterocycles. The summed E-state index contributed by atoms with van der Waals surface area (Å²) in [5.74, 6) is 2.59. The molecule has 4 nitrogen and oxygen atoms in total. The molecule has 0 aliphatic heterocycles. The second-order valence-electron chi connectivity index (χ2n) is 5.23. The zero-order valence-electron chi connectivity index (χ0n) is 11.6. The molecule has 0 saturated heterocycles. The average molecular weight is 328 g/mol. The van der Waals surface area contributed by atoms with Crippen LogP contribution >= 0.6 is 15.9 Å². The van der Waals surface area contributed by atoms with Crippen LogP contribution in [0.4, 0.5) is 5.82 Å². The molecule has 0 bridgehead atoms. The summed E-state index contributed by atoms with van der Waals surface area (Å²) >= 11 is 3.42. The number of aliphatic hydroxyl groups excluding tert-OH is 1. The lowest BCUT2D eigenvalue weighted by molar-refractivity contribution is 0.114. The van der Waals surface area contributed by atoms with E-state index in [9.17, 15) is 5.11 Å². The van der Waals surface area contributed by atoms with Gasteiger partial charge in [-0.1, -0.05) is 26.7 Å². The van der Waals surface area contributed by atoms with Crippen molar-refractivity contribution in [2.45, 2.75) is 51.6 Å². The van der Waals surface area contributed by atoms with Crippen molar-refractivity contribution < 1.29 is 5.11 Å². The quantitative estimate of drug-likeness (QED) is 0.754. The first-order chi connectivity index (χ1) is 9.13. The molecule has 106 valence electrons. The van der Waals surface area contributed by atoms with Gasteiger partial charge in [-0.05, 0) is 34.7 Å². The summed E-state index contributed by atoms with van der Waals surface area (Å²) in [6, 6.07) is 1.87. The van der Waals surface area contributed by atoms with Crippen LogP contribution in [0.15, 0.2) is 10.7 Å². The topological polar surface area (TPSA) is 58.0 Å². The van der Waals surface area contributed by atoms with E-state index in [0.29, 0.717) is 18.4 Å². The van der Waals surface area contributed by atoms with E-state index in [2.05, 4.69) is 45.1 Å². The second-order valence-corrected chi connectivity index (χ2v) is 6.05. The van der Waals surface area contributed by atoms with Gasteiger partial charge in [-0.3, -0.25) is 0 Å². The lowest BCUT2D eigenvalue weighted by atomic mass is 9.97. The second kappa shape index (κ2) is 6.66. The molecule has 2 N–H and O–H groups in total. The Kier molecular flexibility index (Phi) is 5.16. The molecule has 19 heavy (non-hydrogen) atoms. The normalized spacial score (nSPS) is 16.7. The summed E-state index contributed by atoms with van der Waals surface area (Å²) in [5.41, 5.74) is 0. The van der Waals surface area contributed by atoms with Gasteiger partial charge in [-0.25, -0.2) is 9.97 Å². The number of rotatable bonds is 7. The van der Waals surface area contributed by atoms with Crippen LogP contribution in [0.2, 0.25) is 0 Å². The van der Waals surface area contributed by atoms with Gasteiger partial charge in [0.05, 0.1) is 6.10 Å². The zero-order chi connectivity index (χ0) is 13.8. The first-order valence-electron chi connectivity index (χ1n) is 7.10. The fourth-order valence-corrected chi connectivity index (χ4v) is 2.66. The highest BCUT2D eigenvalue weighted by Crippen LogP contribution is 2.38. The fraction of sp³-hybridized carbons (Fsp3) is 0.714. The Labute approximate surface area is 123 Å². The van der Waals surface area contributed by atoms with E-state index in [1.165, 1.54) is 12.8 Å². The lowest BCUT2D eigenvalue weighted by Crippen LogP contribution is -2.28. The van der Waals surface area contributed by atoms with Gasteiger partial charge in [0.2, 0.25) is 0 Å². The van der Waals surface area contributed by atoms with Gasteiger partial charge >= 0.3 is 0 Å². The van der Waals surface area contributed by atoms with Gasteiger partial charge in [-0.2, -0.15) is 0 Å². The highest BCUT2D eigenvalue weighted by atomic mass is 79.9. The predicted octanol–water partition coefficient (Wildman–Crippen LogP) is 3.33. The maximum atomic E-state index is 10.1. The number of hydrogen-bond acceptors (Lipinski definition) is 4. The average Bonchev–Trinajstić information content (AvgIpc) is 3.21. The van der Waals surface area contributed by atoms with Gasteiger partial charge in [0.25, 0.3) is 0 Å². The Morgan fingerprint density at radius 2 is 2.05 bits per heavy atom. The summed E-state index contributed by atoms with van der Waals surface area (Å²) in [6.45, 7) is 4.77. The maximum absolute atomic E-state index is 10.1. The van der Waals surface area contributed by atoms with E-state index in [0.717, 1.165) is 29.1 Å². The Bertz CT molecular complexity index is 419. The summed E-state index contributed by atoms with van der Waals surface area (Å²) in [7, 11) is 0. The third-order valence-corrected chi connectivity index (χ3v) is 4.15. The van der Waals surface area contributed by atoms with E-state index in [1.807, 2.05) is 6.07 Å². The Hall–Kier alpha value is -0.680. The number of nitrogens with zero attached hydrogens (tertiary/aromatic N) is 2. The molecule has 1 fully saturated rings. The van der Waals surface area contributed by atoms with Crippen molar-refractivity contribution in [3.8, 4) is 0 Å². The van der Waals surface area contributed by atoms with Gasteiger partial charge in [-0.15, -0.1) is 0 Å². The molecule has 0 radical (unpaired) electrons. The Balaban J connectivity index is 1.95. The highest BCUT2D eigenvalue weighted by molar-refractivity contribution is 9.10. The van der Waals surface area contributed by atoms with Gasteiger partial charge in [0, 0.05) is 18.5 Å². The van der Waals surface area contributed by atoms with Crippen molar-refractivity contribution >= 4 is 21.7 Å². The molecule has 1 heterocycles. The summed E-state index contributed by atoms with van der Waals surface area (Å²) in [5, 5.41) is 13.3. The Morgan fingerprint density at radius 1 is 1.37 bits per heavy atom. The van der Waals surface area contributed by atoms with Crippen LogP contribution < -0.4 is 5.32 Å². The van der Waals surface area contributed by atoms with Crippen LogP contribution in [0.1, 0.15) is 51.3 Å². The minimum absolute atomic E-state index is 0.326. The molecule has 2 rings (SSSR count). The predicted molar refractivity (Wildman–Crippen MR) is 80.3 cm³/mol. The van der Waals surface area contributed by atoms with Gasteiger partial charge in [0.15, 0.2) is 0 Å². The fourth-order valence-electron chi connectivity index (χ4n) is 2.26. The van der Waals surface area contributed by atoms with E-state index < -0.39 is 0 Å². The summed E-state index contributed by atoms with van der Waals surface area (Å²) in [4.78, 5) is 8.91. The molecule has 1 aliphatic rings. The number of hydrogen-bond donors (Lipinski definition) is 2. The van der Waals surface area contributed by atoms with E-state index >= 15 is 0 Å². The minimum atomic E-state index is -0.326. The molecule has 1 aliphatic carbocycles. The molecule has 5 heteroatoms. The monoisotopic (exact) mass is 327 g/mol. The van der Waals surface area contributed by atoms with Crippen molar-refractivity contribution in [3.63, 3.8) is 0 Å². The molecule has 0 amide bonds. The molecular formula is C14H22BrN3O. The third-order valence-electron chi connectivity index (χ3n) is 3.74. The van der Waals surface area contributed by atoms with Crippen molar-refractivity contribution in [2.24, 2.45) is 5.92 Å². The maximum Gasteiger partial charge on any atom is 0.135 e. The number of halogens is 1. The number of nitrogens with one attached hydrogen (secondary N) is 1. The van der Waals surface area contributed by atoms with Crippen LogP contribution in [0.25, 0.3) is 0 Å². The van der Waals surface area contributed by atoms with Crippen LogP contribution in [-0.2, 0) is 0 Å². The van der Waals surface area contributed by atoms with Crippen molar-refractivity contribution in [3.05, 3.63) is 16.5 Å². The number of anilines is 1. The molecule has 1 atom stereocenters. The van der Waals surface area contributed by atoms with Gasteiger partial charge < -0.3 is 10.4 Å². The van der Waals surface area contributed by atoms with Gasteiger partial charge in [0.1, 0.15) is 16.2 Å². The first kappa shape index (κ1) is 14.7. The SMILES string of the molecule is CCC(CC)C(O)CNc1cc(Br)nc(C2CC2)n1. The van der Waals surface area contributed by atoms with Crippen LogP contribution in [0.5, 0.6) is 0 Å². The third kappa shape index (κ3) is 4.14. The van der Waals surface area contributed by atoms with Crippen LogP contribution in [0, 0.1) is 5.92 Å². The zero-order valence-corrected chi connectivity index (χ0v) is 13.2. The van der Waals surface area contributed by atoms with E-state index in [-0.39, 0.29) is 6.10 Å². The number of aromatic nitrogens is 2. The first-order valence-corrected chi connectivity index (χ1v) is 7.89. The Morgan fingerprint density at radius 3 is 2.63 bits per heavy atom.